The highest BCUT2D eigenvalue weighted by molar-refractivity contribution is 5.97. The molecule has 4 rings (SSSR count). The number of likely N-dealkylation sites (N-methyl/N-ethyl adjacent to an activating group) is 1. The summed E-state index contributed by atoms with van der Waals surface area (Å²) in [6.07, 6.45) is 4.89. The summed E-state index contributed by atoms with van der Waals surface area (Å²) >= 11 is 0. The number of ether oxygens (including phenoxy) is 2. The molecule has 1 atom stereocenters. The number of para-hydroxylation sites is 1. The zero-order valence-electron chi connectivity index (χ0n) is 15.2. The second-order valence-corrected chi connectivity index (χ2v) is 7.65. The topological polar surface area (TPSA) is 67.9 Å². The number of nitrogens with zero attached hydrogens (tertiary/aromatic N) is 1. The lowest BCUT2D eigenvalue weighted by Crippen LogP contribution is -2.52. The molecule has 1 spiro atoms. The highest BCUT2D eigenvalue weighted by Gasteiger charge is 2.42. The van der Waals surface area contributed by atoms with Crippen molar-refractivity contribution in [3.05, 3.63) is 29.8 Å². The maximum Gasteiger partial charge on any atom is 0.255 e. The van der Waals surface area contributed by atoms with Gasteiger partial charge in [0.1, 0.15) is 17.5 Å². The molecule has 2 fully saturated rings. The molecule has 2 amide bonds. The predicted octanol–water partition coefficient (Wildman–Crippen LogP) is 2.13. The number of benzene rings is 1. The zero-order valence-corrected chi connectivity index (χ0v) is 15.2. The van der Waals surface area contributed by atoms with Crippen molar-refractivity contribution >= 4 is 11.8 Å². The third-order valence-electron chi connectivity index (χ3n) is 6.00. The molecule has 0 radical (unpaired) electrons. The third kappa shape index (κ3) is 3.18. The van der Waals surface area contributed by atoms with Crippen LogP contribution in [0.3, 0.4) is 0 Å². The van der Waals surface area contributed by atoms with Gasteiger partial charge in [0.25, 0.3) is 11.8 Å². The number of rotatable bonds is 2. The average Bonchev–Trinajstić information content (AvgIpc) is 3.17. The van der Waals surface area contributed by atoms with Crippen LogP contribution in [-0.2, 0) is 9.53 Å². The Bertz CT molecular complexity index is 691. The van der Waals surface area contributed by atoms with Crippen LogP contribution in [0.1, 0.15) is 48.9 Å². The second-order valence-electron chi connectivity index (χ2n) is 7.65. The summed E-state index contributed by atoms with van der Waals surface area (Å²) in [5.41, 5.74) is 0.212. The minimum absolute atomic E-state index is 0.0784. The quantitative estimate of drug-likeness (QED) is 0.879. The highest BCUT2D eigenvalue weighted by atomic mass is 16.5. The number of fused-ring (bicyclic) bond motifs is 1. The average molecular weight is 358 g/mol. The van der Waals surface area contributed by atoms with Crippen LogP contribution in [0.15, 0.2) is 24.3 Å². The van der Waals surface area contributed by atoms with E-state index >= 15 is 0 Å². The molecule has 0 aromatic heterocycles. The van der Waals surface area contributed by atoms with E-state index < -0.39 is 0 Å². The van der Waals surface area contributed by atoms with Crippen molar-refractivity contribution in [2.75, 3.05) is 20.2 Å². The Morgan fingerprint density at radius 1 is 1.23 bits per heavy atom. The summed E-state index contributed by atoms with van der Waals surface area (Å²) in [7, 11) is 1.89. The first-order valence-corrected chi connectivity index (χ1v) is 9.52. The van der Waals surface area contributed by atoms with Crippen LogP contribution in [0.2, 0.25) is 0 Å². The summed E-state index contributed by atoms with van der Waals surface area (Å²) in [6.45, 7) is 1.20. The largest absolute Gasteiger partial charge is 0.485 e. The molecule has 140 valence electrons. The van der Waals surface area contributed by atoms with Crippen molar-refractivity contribution < 1.29 is 19.1 Å². The fourth-order valence-electron chi connectivity index (χ4n) is 4.32. The highest BCUT2D eigenvalue weighted by Crippen LogP contribution is 2.37. The van der Waals surface area contributed by atoms with Crippen LogP contribution < -0.4 is 10.1 Å². The smallest absolute Gasteiger partial charge is 0.255 e. The van der Waals surface area contributed by atoms with Gasteiger partial charge in [-0.25, -0.2) is 0 Å². The van der Waals surface area contributed by atoms with E-state index in [1.54, 1.807) is 6.07 Å². The lowest BCUT2D eigenvalue weighted by atomic mass is 9.81. The third-order valence-corrected chi connectivity index (χ3v) is 6.00. The number of hydrogen-bond donors (Lipinski definition) is 1. The monoisotopic (exact) mass is 358 g/mol. The van der Waals surface area contributed by atoms with Crippen molar-refractivity contribution in [1.29, 1.82) is 0 Å². The number of nitrogens with one attached hydrogen (secondary N) is 1. The molecule has 1 aromatic rings. The number of carbonyl (C=O) groups is 2. The van der Waals surface area contributed by atoms with E-state index in [9.17, 15) is 9.59 Å². The van der Waals surface area contributed by atoms with Gasteiger partial charge in [-0.2, -0.15) is 0 Å². The molecule has 26 heavy (non-hydrogen) atoms. The van der Waals surface area contributed by atoms with Crippen LogP contribution in [0, 0.1) is 0 Å². The Labute approximate surface area is 153 Å². The van der Waals surface area contributed by atoms with Gasteiger partial charge < -0.3 is 19.7 Å². The van der Waals surface area contributed by atoms with Gasteiger partial charge in [-0.3, -0.25) is 9.59 Å². The van der Waals surface area contributed by atoms with Crippen molar-refractivity contribution in [3.8, 4) is 5.75 Å². The van der Waals surface area contributed by atoms with Crippen molar-refractivity contribution in [2.45, 2.75) is 56.3 Å². The zero-order chi connectivity index (χ0) is 18.1. The van der Waals surface area contributed by atoms with E-state index in [4.69, 9.17) is 9.47 Å². The predicted molar refractivity (Wildman–Crippen MR) is 96.1 cm³/mol. The first-order chi connectivity index (χ1) is 12.6. The van der Waals surface area contributed by atoms with Gasteiger partial charge in [-0.1, -0.05) is 12.1 Å². The van der Waals surface area contributed by atoms with E-state index in [1.807, 2.05) is 30.1 Å². The van der Waals surface area contributed by atoms with Crippen LogP contribution in [0.5, 0.6) is 5.75 Å². The summed E-state index contributed by atoms with van der Waals surface area (Å²) in [6, 6.07) is 7.60. The molecule has 1 saturated carbocycles. The molecule has 1 aliphatic carbocycles. The van der Waals surface area contributed by atoms with E-state index in [1.165, 1.54) is 0 Å². The van der Waals surface area contributed by atoms with E-state index in [0.29, 0.717) is 24.5 Å². The summed E-state index contributed by atoms with van der Waals surface area (Å²) < 4.78 is 11.9. The molecule has 6 nitrogen and oxygen atoms in total. The Balaban J connectivity index is 1.43. The second kappa shape index (κ2) is 6.91. The molecule has 1 aromatic carbocycles. The molecular formula is C20H26N2O4. The maximum absolute atomic E-state index is 12.6. The molecule has 2 aliphatic heterocycles. The Kier molecular flexibility index (Phi) is 4.61. The fourth-order valence-corrected chi connectivity index (χ4v) is 4.32. The van der Waals surface area contributed by atoms with Crippen LogP contribution >= 0.6 is 0 Å². The van der Waals surface area contributed by atoms with Crippen molar-refractivity contribution in [1.82, 2.24) is 10.2 Å². The molecule has 2 heterocycles. The van der Waals surface area contributed by atoms with Crippen molar-refractivity contribution in [3.63, 3.8) is 0 Å². The first-order valence-electron chi connectivity index (χ1n) is 9.52. The minimum atomic E-state index is -0.382. The van der Waals surface area contributed by atoms with Gasteiger partial charge >= 0.3 is 0 Å². The van der Waals surface area contributed by atoms with Gasteiger partial charge in [0.2, 0.25) is 0 Å². The van der Waals surface area contributed by atoms with E-state index in [0.717, 1.165) is 38.5 Å². The summed E-state index contributed by atoms with van der Waals surface area (Å²) in [5.74, 6) is 0.680. The standard InChI is InChI=1S/C20H26N2O4/c1-22(19(24)17-7-4-12-25-17)14-8-10-20(11-9-14)13-21-18(23)15-5-2-3-6-16(15)26-20/h2-3,5-6,14,17H,4,7-13H2,1H3,(H,21,23). The molecule has 1 saturated heterocycles. The first kappa shape index (κ1) is 17.3. The SMILES string of the molecule is CN(C(=O)C1CCCO1)C1CCC2(CC1)CNC(=O)c1ccccc1O2. The van der Waals surface area contributed by atoms with E-state index in [2.05, 4.69) is 5.32 Å². The van der Waals surface area contributed by atoms with Gasteiger partial charge in [-0.05, 0) is 50.7 Å². The van der Waals surface area contributed by atoms with Gasteiger partial charge in [0.15, 0.2) is 0 Å². The normalized spacial score (nSPS) is 30.9. The summed E-state index contributed by atoms with van der Waals surface area (Å²) in [5, 5.41) is 3.01. The van der Waals surface area contributed by atoms with Gasteiger partial charge in [0.05, 0.1) is 12.1 Å². The number of carbonyl (C=O) groups excluding carboxylic acids is 2. The molecule has 1 N–H and O–H groups in total. The Morgan fingerprint density at radius 2 is 2.00 bits per heavy atom. The Hall–Kier alpha value is -2.08. The molecule has 1 unspecified atom stereocenters. The van der Waals surface area contributed by atoms with Gasteiger partial charge in [-0.15, -0.1) is 0 Å². The lowest BCUT2D eigenvalue weighted by molar-refractivity contribution is -0.143. The van der Waals surface area contributed by atoms with E-state index in [-0.39, 0.29) is 29.6 Å². The molecular weight excluding hydrogens is 332 g/mol. The number of amides is 2. The summed E-state index contributed by atoms with van der Waals surface area (Å²) in [4.78, 5) is 26.7. The maximum atomic E-state index is 12.6. The minimum Gasteiger partial charge on any atom is -0.485 e. The Morgan fingerprint density at radius 3 is 2.73 bits per heavy atom. The van der Waals surface area contributed by atoms with Crippen LogP contribution in [0.4, 0.5) is 0 Å². The van der Waals surface area contributed by atoms with Crippen LogP contribution in [-0.4, -0.2) is 54.7 Å². The lowest BCUT2D eigenvalue weighted by Gasteiger charge is -2.42. The van der Waals surface area contributed by atoms with Gasteiger partial charge in [0, 0.05) is 19.7 Å². The molecule has 0 bridgehead atoms. The molecule has 6 heteroatoms. The van der Waals surface area contributed by atoms with Crippen molar-refractivity contribution in [2.24, 2.45) is 0 Å². The molecule has 3 aliphatic rings. The fraction of sp³-hybridized carbons (Fsp3) is 0.600. The number of hydrogen-bond acceptors (Lipinski definition) is 4. The van der Waals surface area contributed by atoms with Crippen LogP contribution in [0.25, 0.3) is 0 Å².